The van der Waals surface area contributed by atoms with Gasteiger partial charge in [0.25, 0.3) is 0 Å². The Morgan fingerprint density at radius 3 is 2.40 bits per heavy atom. The molecule has 0 unspecified atom stereocenters. The zero-order chi connectivity index (χ0) is 21.5. The number of hydrogen-bond acceptors (Lipinski definition) is 4. The Morgan fingerprint density at radius 1 is 1.10 bits per heavy atom. The Labute approximate surface area is 169 Å². The number of fused-ring (bicyclic) bond motifs is 1. The molecule has 1 aliphatic rings. The first-order valence-corrected chi connectivity index (χ1v) is 9.64. The molecule has 7 nitrogen and oxygen atoms in total. The maximum absolute atomic E-state index is 12.8. The fraction of sp³-hybridized carbons (Fsp3) is 0.400. The van der Waals surface area contributed by atoms with Crippen LogP contribution >= 0.6 is 0 Å². The molecule has 1 saturated heterocycles. The van der Waals surface area contributed by atoms with Crippen molar-refractivity contribution in [2.75, 3.05) is 13.1 Å². The average molecular weight is 419 g/mol. The second-order valence-corrected chi connectivity index (χ2v) is 7.34. The smallest absolute Gasteiger partial charge is 0.324 e. The maximum atomic E-state index is 12.8. The van der Waals surface area contributed by atoms with Gasteiger partial charge in [0.2, 0.25) is 0 Å². The Bertz CT molecular complexity index is 1140. The molecule has 1 aliphatic heterocycles. The van der Waals surface area contributed by atoms with E-state index in [1.165, 1.54) is 22.9 Å². The standard InChI is InChI=1S/C20H20F3N5O2/c1-26-15-12-24-16(9-6-13-4-7-14(8-5-13)20(21,22)23)25-17(15)28(18(26)29)19(30)27-10-2-3-11-27/h4-5,7-8,12H,2-3,6,9-11H2,1H3. The van der Waals surface area contributed by atoms with Crippen LogP contribution in [0.3, 0.4) is 0 Å². The first kappa shape index (κ1) is 20.1. The van der Waals surface area contributed by atoms with E-state index in [9.17, 15) is 22.8 Å². The maximum Gasteiger partial charge on any atom is 0.416 e. The second kappa shape index (κ2) is 7.58. The molecule has 3 aromatic rings. The number of nitrogens with zero attached hydrogens (tertiary/aromatic N) is 5. The van der Waals surface area contributed by atoms with E-state index in [0.29, 0.717) is 42.8 Å². The average Bonchev–Trinajstić information content (AvgIpc) is 3.33. The van der Waals surface area contributed by atoms with Crippen molar-refractivity contribution in [3.05, 3.63) is 57.9 Å². The van der Waals surface area contributed by atoms with E-state index in [0.717, 1.165) is 29.5 Å². The van der Waals surface area contributed by atoms with Crippen molar-refractivity contribution in [2.24, 2.45) is 7.05 Å². The Kier molecular flexibility index (Phi) is 5.08. The quantitative estimate of drug-likeness (QED) is 0.654. The Hall–Kier alpha value is -3.17. The molecule has 3 heterocycles. The lowest BCUT2D eigenvalue weighted by Gasteiger charge is -2.14. The zero-order valence-electron chi connectivity index (χ0n) is 16.3. The number of alkyl halides is 3. The van der Waals surface area contributed by atoms with Crippen LogP contribution < -0.4 is 5.69 Å². The number of imidazole rings is 1. The monoisotopic (exact) mass is 419 g/mol. The molecule has 1 aromatic carbocycles. The fourth-order valence-corrected chi connectivity index (χ4v) is 3.61. The van der Waals surface area contributed by atoms with Crippen molar-refractivity contribution in [3.63, 3.8) is 0 Å². The van der Waals surface area contributed by atoms with Gasteiger partial charge in [0.05, 0.1) is 11.8 Å². The Morgan fingerprint density at radius 2 is 1.77 bits per heavy atom. The number of carbonyl (C=O) groups is 1. The van der Waals surface area contributed by atoms with Gasteiger partial charge < -0.3 is 4.90 Å². The fourth-order valence-electron chi connectivity index (χ4n) is 3.61. The van der Waals surface area contributed by atoms with Crippen LogP contribution in [0, 0.1) is 0 Å². The molecule has 0 aliphatic carbocycles. The van der Waals surface area contributed by atoms with Crippen LogP contribution in [0.25, 0.3) is 11.2 Å². The van der Waals surface area contributed by atoms with E-state index < -0.39 is 23.5 Å². The van der Waals surface area contributed by atoms with Crippen molar-refractivity contribution >= 4 is 17.2 Å². The number of halogens is 3. The third-order valence-corrected chi connectivity index (χ3v) is 5.34. The normalized spacial score (nSPS) is 14.6. The molecule has 0 radical (unpaired) electrons. The van der Waals surface area contributed by atoms with E-state index in [4.69, 9.17) is 0 Å². The molecule has 2 aromatic heterocycles. The van der Waals surface area contributed by atoms with Crippen LogP contribution in [0.2, 0.25) is 0 Å². The van der Waals surface area contributed by atoms with Gasteiger partial charge in [-0.1, -0.05) is 12.1 Å². The first-order chi connectivity index (χ1) is 14.3. The third-order valence-electron chi connectivity index (χ3n) is 5.34. The summed E-state index contributed by atoms with van der Waals surface area (Å²) in [6.45, 7) is 1.21. The summed E-state index contributed by atoms with van der Waals surface area (Å²) in [5.74, 6) is 0.413. The van der Waals surface area contributed by atoms with Crippen LogP contribution in [0.1, 0.15) is 29.8 Å². The van der Waals surface area contributed by atoms with E-state index in [2.05, 4.69) is 9.97 Å². The van der Waals surface area contributed by atoms with E-state index in [-0.39, 0.29) is 5.65 Å². The lowest BCUT2D eigenvalue weighted by atomic mass is 10.1. The molecule has 0 N–H and O–H groups in total. The van der Waals surface area contributed by atoms with Crippen LogP contribution in [0.15, 0.2) is 35.3 Å². The van der Waals surface area contributed by atoms with E-state index in [1.54, 1.807) is 11.9 Å². The zero-order valence-corrected chi connectivity index (χ0v) is 16.3. The molecule has 1 fully saturated rings. The lowest BCUT2D eigenvalue weighted by molar-refractivity contribution is -0.137. The molecular formula is C20H20F3N5O2. The van der Waals surface area contributed by atoms with Crippen molar-refractivity contribution < 1.29 is 18.0 Å². The van der Waals surface area contributed by atoms with Gasteiger partial charge in [-0.2, -0.15) is 17.7 Å². The third kappa shape index (κ3) is 3.69. The minimum Gasteiger partial charge on any atom is -0.324 e. The van der Waals surface area contributed by atoms with E-state index in [1.807, 2.05) is 0 Å². The number of carbonyl (C=O) groups excluding carboxylic acids is 1. The molecule has 0 atom stereocenters. The predicted molar refractivity (Wildman–Crippen MR) is 103 cm³/mol. The summed E-state index contributed by atoms with van der Waals surface area (Å²) >= 11 is 0. The number of aryl methyl sites for hydroxylation is 3. The van der Waals surface area contributed by atoms with Gasteiger partial charge in [0.1, 0.15) is 11.3 Å². The van der Waals surface area contributed by atoms with Gasteiger partial charge in [-0.25, -0.2) is 19.6 Å². The van der Waals surface area contributed by atoms with Gasteiger partial charge >= 0.3 is 17.9 Å². The molecule has 0 bridgehead atoms. The molecular weight excluding hydrogens is 399 g/mol. The highest BCUT2D eigenvalue weighted by molar-refractivity contribution is 5.87. The van der Waals surface area contributed by atoms with E-state index >= 15 is 0 Å². The number of benzene rings is 1. The molecule has 10 heteroatoms. The van der Waals surface area contributed by atoms with Crippen molar-refractivity contribution in [1.29, 1.82) is 0 Å². The topological polar surface area (TPSA) is 73.0 Å². The van der Waals surface area contributed by atoms with Crippen molar-refractivity contribution in [2.45, 2.75) is 31.9 Å². The predicted octanol–water partition coefficient (Wildman–Crippen LogP) is 3.00. The van der Waals surface area contributed by atoms with Gasteiger partial charge in [-0.05, 0) is 37.0 Å². The molecule has 30 heavy (non-hydrogen) atoms. The summed E-state index contributed by atoms with van der Waals surface area (Å²) in [4.78, 5) is 35.7. The summed E-state index contributed by atoms with van der Waals surface area (Å²) in [7, 11) is 1.56. The van der Waals surface area contributed by atoms with Gasteiger partial charge in [-0.15, -0.1) is 0 Å². The summed E-state index contributed by atoms with van der Waals surface area (Å²) in [5, 5.41) is 0. The summed E-state index contributed by atoms with van der Waals surface area (Å²) in [6.07, 6.45) is -0.272. The highest BCUT2D eigenvalue weighted by Crippen LogP contribution is 2.29. The number of amides is 1. The minimum absolute atomic E-state index is 0.247. The summed E-state index contributed by atoms with van der Waals surface area (Å²) < 4.78 is 40.5. The highest BCUT2D eigenvalue weighted by Gasteiger charge is 2.30. The van der Waals surface area contributed by atoms with Gasteiger partial charge in [0, 0.05) is 26.6 Å². The minimum atomic E-state index is -4.37. The molecule has 0 saturated carbocycles. The number of rotatable bonds is 3. The Balaban J connectivity index is 1.59. The number of likely N-dealkylation sites (tertiary alicyclic amines) is 1. The van der Waals surface area contributed by atoms with Crippen LogP contribution in [-0.4, -0.2) is 43.1 Å². The molecule has 1 amide bonds. The molecule has 0 spiro atoms. The summed E-state index contributed by atoms with van der Waals surface area (Å²) in [6, 6.07) is 4.55. The van der Waals surface area contributed by atoms with Crippen LogP contribution in [0.5, 0.6) is 0 Å². The lowest BCUT2D eigenvalue weighted by Crippen LogP contribution is -2.38. The highest BCUT2D eigenvalue weighted by atomic mass is 19.4. The largest absolute Gasteiger partial charge is 0.416 e. The van der Waals surface area contributed by atoms with Crippen molar-refractivity contribution in [3.8, 4) is 0 Å². The SMILES string of the molecule is Cn1c(=O)n(C(=O)N2CCCC2)c2nc(CCc3ccc(C(F)(F)F)cc3)ncc21. The summed E-state index contributed by atoms with van der Waals surface area (Å²) in [5.41, 5.74) is 0.238. The van der Waals surface area contributed by atoms with Crippen molar-refractivity contribution in [1.82, 2.24) is 24.0 Å². The van der Waals surface area contributed by atoms with Crippen LogP contribution in [0.4, 0.5) is 18.0 Å². The number of aromatic nitrogens is 4. The first-order valence-electron chi connectivity index (χ1n) is 9.64. The molecule has 158 valence electrons. The number of hydrogen-bond donors (Lipinski definition) is 0. The van der Waals surface area contributed by atoms with Gasteiger partial charge in [-0.3, -0.25) is 4.57 Å². The second-order valence-electron chi connectivity index (χ2n) is 7.34. The van der Waals surface area contributed by atoms with Gasteiger partial charge in [0.15, 0.2) is 5.65 Å². The van der Waals surface area contributed by atoms with Crippen LogP contribution in [-0.2, 0) is 26.1 Å². The molecule has 4 rings (SSSR count).